The number of H-pyrrole nitrogens is 1. The van der Waals surface area contributed by atoms with Crippen LogP contribution < -0.4 is 0 Å². The zero-order valence-electron chi connectivity index (χ0n) is 13.1. The van der Waals surface area contributed by atoms with Crippen LogP contribution in [0, 0.1) is 6.92 Å². The topological polar surface area (TPSA) is 101 Å². The molecule has 0 saturated carbocycles. The molecular formula is C15H16N6O2S. The Labute approximate surface area is 141 Å². The Morgan fingerprint density at radius 2 is 2.42 bits per heavy atom. The summed E-state index contributed by atoms with van der Waals surface area (Å²) in [7, 11) is 0. The zero-order valence-corrected chi connectivity index (χ0v) is 13.9. The summed E-state index contributed by atoms with van der Waals surface area (Å²) in [5.41, 5.74) is 0.500. The first-order valence-corrected chi connectivity index (χ1v) is 8.58. The summed E-state index contributed by atoms with van der Waals surface area (Å²) in [6.07, 6.45) is 3.48. The van der Waals surface area contributed by atoms with Crippen molar-refractivity contribution in [2.24, 2.45) is 0 Å². The number of aromatic amines is 1. The maximum atomic E-state index is 12.9. The normalized spacial score (nSPS) is 18.0. The predicted octanol–water partition coefficient (Wildman–Crippen LogP) is 2.24. The minimum Gasteiger partial charge on any atom is -0.462 e. The summed E-state index contributed by atoms with van der Waals surface area (Å²) in [6.45, 7) is 3.23. The molecule has 1 amide bonds. The average Bonchev–Trinajstić information content (AvgIpc) is 3.35. The second-order valence-corrected chi connectivity index (χ2v) is 6.96. The first kappa shape index (κ1) is 15.0. The van der Waals surface area contributed by atoms with Gasteiger partial charge < -0.3 is 9.32 Å². The van der Waals surface area contributed by atoms with E-state index in [9.17, 15) is 4.79 Å². The standard InChI is InChI=1S/C15H16N6O2S/c1-9-12(16-14(24-9)11-5-3-7-23-11)15(22)21-6-2-4-10(8-21)13-17-19-20-18-13/h3,5,7,10H,2,4,6,8H2,1H3,(H,17,18,19,20). The molecule has 9 heteroatoms. The molecule has 1 aliphatic heterocycles. The number of thiazole rings is 1. The quantitative estimate of drug-likeness (QED) is 0.782. The molecule has 0 aromatic carbocycles. The number of aryl methyl sites for hydroxylation is 1. The summed E-state index contributed by atoms with van der Waals surface area (Å²) in [4.78, 5) is 20.1. The van der Waals surface area contributed by atoms with E-state index in [1.165, 1.54) is 11.3 Å². The van der Waals surface area contributed by atoms with E-state index in [0.29, 0.717) is 23.8 Å². The molecule has 1 fully saturated rings. The Hall–Kier alpha value is -2.55. The molecule has 4 heterocycles. The fourth-order valence-electron chi connectivity index (χ4n) is 2.97. The van der Waals surface area contributed by atoms with Crippen LogP contribution in [0.4, 0.5) is 0 Å². The SMILES string of the molecule is Cc1sc(-c2ccco2)nc1C(=O)N1CCCC(c2nn[nH]n2)C1. The van der Waals surface area contributed by atoms with Crippen LogP contribution in [0.15, 0.2) is 22.8 Å². The summed E-state index contributed by atoms with van der Waals surface area (Å²) >= 11 is 1.47. The smallest absolute Gasteiger partial charge is 0.273 e. The van der Waals surface area contributed by atoms with E-state index in [0.717, 1.165) is 29.3 Å². The van der Waals surface area contributed by atoms with Gasteiger partial charge in [0, 0.05) is 23.9 Å². The highest BCUT2D eigenvalue weighted by Crippen LogP contribution is 2.30. The van der Waals surface area contributed by atoms with E-state index in [1.807, 2.05) is 24.0 Å². The highest BCUT2D eigenvalue weighted by molar-refractivity contribution is 7.15. The molecule has 124 valence electrons. The lowest BCUT2D eigenvalue weighted by atomic mass is 9.97. The fourth-order valence-corrected chi connectivity index (χ4v) is 3.84. The summed E-state index contributed by atoms with van der Waals surface area (Å²) in [6, 6.07) is 3.66. The first-order chi connectivity index (χ1) is 11.7. The lowest BCUT2D eigenvalue weighted by molar-refractivity contribution is 0.0698. The lowest BCUT2D eigenvalue weighted by Gasteiger charge is -2.30. The fraction of sp³-hybridized carbons (Fsp3) is 0.400. The van der Waals surface area contributed by atoms with Crippen LogP contribution in [0.3, 0.4) is 0 Å². The van der Waals surface area contributed by atoms with Gasteiger partial charge in [0.05, 0.1) is 6.26 Å². The van der Waals surface area contributed by atoms with Gasteiger partial charge in [-0.15, -0.1) is 21.5 Å². The molecule has 3 aromatic heterocycles. The van der Waals surface area contributed by atoms with Crippen LogP contribution in [0.5, 0.6) is 0 Å². The van der Waals surface area contributed by atoms with Crippen molar-refractivity contribution in [2.75, 3.05) is 13.1 Å². The van der Waals surface area contributed by atoms with Gasteiger partial charge in [0.25, 0.3) is 5.91 Å². The van der Waals surface area contributed by atoms with E-state index in [2.05, 4.69) is 25.6 Å². The van der Waals surface area contributed by atoms with Gasteiger partial charge in [0.15, 0.2) is 16.6 Å². The van der Waals surface area contributed by atoms with Crippen molar-refractivity contribution in [3.05, 3.63) is 34.8 Å². The van der Waals surface area contributed by atoms with Gasteiger partial charge in [0.1, 0.15) is 5.69 Å². The van der Waals surface area contributed by atoms with Gasteiger partial charge in [-0.25, -0.2) is 4.98 Å². The minimum atomic E-state index is -0.0465. The Morgan fingerprint density at radius 1 is 1.50 bits per heavy atom. The number of hydrogen-bond donors (Lipinski definition) is 1. The average molecular weight is 344 g/mol. The number of carbonyl (C=O) groups excluding carboxylic acids is 1. The van der Waals surface area contributed by atoms with Crippen LogP contribution in [0.25, 0.3) is 10.8 Å². The molecule has 0 bridgehead atoms. The molecule has 3 aromatic rings. The van der Waals surface area contributed by atoms with Crippen LogP contribution in [-0.2, 0) is 0 Å². The largest absolute Gasteiger partial charge is 0.462 e. The number of amides is 1. The van der Waals surface area contributed by atoms with Gasteiger partial charge in [-0.2, -0.15) is 5.21 Å². The van der Waals surface area contributed by atoms with Crippen molar-refractivity contribution >= 4 is 17.2 Å². The molecule has 1 aliphatic rings. The highest BCUT2D eigenvalue weighted by atomic mass is 32.1. The molecule has 0 radical (unpaired) electrons. The molecule has 1 unspecified atom stereocenters. The Bertz CT molecular complexity index is 826. The monoisotopic (exact) mass is 344 g/mol. The Morgan fingerprint density at radius 3 is 3.17 bits per heavy atom. The molecule has 8 nitrogen and oxygen atoms in total. The van der Waals surface area contributed by atoms with E-state index in [-0.39, 0.29) is 11.8 Å². The molecular weight excluding hydrogens is 328 g/mol. The van der Waals surface area contributed by atoms with Crippen molar-refractivity contribution in [2.45, 2.75) is 25.7 Å². The summed E-state index contributed by atoms with van der Waals surface area (Å²) < 4.78 is 5.38. The third kappa shape index (κ3) is 2.71. The molecule has 1 atom stereocenters. The number of piperidine rings is 1. The van der Waals surface area contributed by atoms with Crippen molar-refractivity contribution in [3.63, 3.8) is 0 Å². The van der Waals surface area contributed by atoms with Crippen molar-refractivity contribution in [3.8, 4) is 10.8 Å². The minimum absolute atomic E-state index is 0.0465. The number of aromatic nitrogens is 5. The van der Waals surface area contributed by atoms with Crippen molar-refractivity contribution in [1.29, 1.82) is 0 Å². The molecule has 1 N–H and O–H groups in total. The molecule has 24 heavy (non-hydrogen) atoms. The number of likely N-dealkylation sites (tertiary alicyclic amines) is 1. The summed E-state index contributed by atoms with van der Waals surface area (Å²) in [5.74, 6) is 1.42. The van der Waals surface area contributed by atoms with E-state index < -0.39 is 0 Å². The van der Waals surface area contributed by atoms with Crippen LogP contribution >= 0.6 is 11.3 Å². The summed E-state index contributed by atoms with van der Waals surface area (Å²) in [5, 5.41) is 14.9. The van der Waals surface area contributed by atoms with Gasteiger partial charge in [-0.1, -0.05) is 5.21 Å². The van der Waals surface area contributed by atoms with Gasteiger partial charge in [-0.05, 0) is 31.9 Å². The van der Waals surface area contributed by atoms with Crippen molar-refractivity contribution < 1.29 is 9.21 Å². The number of furan rings is 1. The molecule has 4 rings (SSSR count). The number of hydrogen-bond acceptors (Lipinski definition) is 7. The van der Waals surface area contributed by atoms with Gasteiger partial charge in [0.2, 0.25) is 0 Å². The second-order valence-electron chi connectivity index (χ2n) is 5.76. The van der Waals surface area contributed by atoms with Gasteiger partial charge in [-0.3, -0.25) is 4.79 Å². The maximum absolute atomic E-state index is 12.9. The Kier molecular flexibility index (Phi) is 3.85. The second kappa shape index (κ2) is 6.16. The maximum Gasteiger partial charge on any atom is 0.273 e. The molecule has 1 saturated heterocycles. The third-order valence-corrected chi connectivity index (χ3v) is 5.15. The Balaban J connectivity index is 1.55. The number of carbonyl (C=O) groups is 1. The predicted molar refractivity (Wildman–Crippen MR) is 86.6 cm³/mol. The van der Waals surface area contributed by atoms with Crippen LogP contribution in [0.2, 0.25) is 0 Å². The molecule has 0 aliphatic carbocycles. The van der Waals surface area contributed by atoms with Crippen LogP contribution in [-0.4, -0.2) is 49.5 Å². The van der Waals surface area contributed by atoms with E-state index >= 15 is 0 Å². The number of rotatable bonds is 3. The first-order valence-electron chi connectivity index (χ1n) is 7.76. The number of nitrogens with zero attached hydrogens (tertiary/aromatic N) is 5. The third-order valence-electron chi connectivity index (χ3n) is 4.17. The van der Waals surface area contributed by atoms with E-state index in [1.54, 1.807) is 6.26 Å². The number of tetrazole rings is 1. The van der Waals surface area contributed by atoms with Crippen LogP contribution in [0.1, 0.15) is 39.9 Å². The highest BCUT2D eigenvalue weighted by Gasteiger charge is 2.30. The lowest BCUT2D eigenvalue weighted by Crippen LogP contribution is -2.39. The molecule has 0 spiro atoms. The zero-order chi connectivity index (χ0) is 16.5. The van der Waals surface area contributed by atoms with Crippen molar-refractivity contribution in [1.82, 2.24) is 30.5 Å². The van der Waals surface area contributed by atoms with E-state index in [4.69, 9.17) is 4.42 Å². The van der Waals surface area contributed by atoms with Gasteiger partial charge >= 0.3 is 0 Å². The number of nitrogens with one attached hydrogen (secondary N) is 1.